The average Bonchev–Trinajstić information content (AvgIpc) is 1.97. The van der Waals surface area contributed by atoms with E-state index in [1.807, 2.05) is 18.4 Å². The van der Waals surface area contributed by atoms with E-state index in [0.29, 0.717) is 0 Å². The number of hydrogen-bond donors (Lipinski definition) is 0. The second kappa shape index (κ2) is 3.71. The maximum absolute atomic E-state index is 4.09. The maximum atomic E-state index is 4.09. The van der Waals surface area contributed by atoms with Gasteiger partial charge in [0.1, 0.15) is 0 Å². The van der Waals surface area contributed by atoms with E-state index in [-0.39, 0.29) is 0 Å². The van der Waals surface area contributed by atoms with Gasteiger partial charge in [-0.1, -0.05) is 13.1 Å². The molecule has 1 aliphatic heterocycles. The second-order valence-corrected chi connectivity index (χ2v) is 2.95. The van der Waals surface area contributed by atoms with Gasteiger partial charge in [0.05, 0.1) is 0 Å². The molecule has 63 valence electrons. The molecule has 0 atom stereocenters. The molecule has 0 aromatic heterocycles. The molecule has 0 spiro atoms. The van der Waals surface area contributed by atoms with Crippen LogP contribution in [0.1, 0.15) is 6.92 Å². The zero-order valence-electron chi connectivity index (χ0n) is 5.39. The van der Waals surface area contributed by atoms with Crippen molar-refractivity contribution < 1.29 is 0 Å². The number of allylic oxidation sites excluding steroid dienone is 3. The maximum Gasteiger partial charge on any atom is 0.0328 e. The molecule has 3 heteroatoms. The summed E-state index contributed by atoms with van der Waals surface area (Å²) < 4.78 is 1.03. The third kappa shape index (κ3) is 2.35. The Labute approximate surface area is 68.7 Å². The molecule has 0 aromatic rings. The minimum Gasteiger partial charge on any atom is -0.327 e. The van der Waals surface area contributed by atoms with Crippen LogP contribution in [0.5, 0.6) is 0 Å². The Kier molecular flexibility index (Phi) is 3.25. The van der Waals surface area contributed by atoms with Crippen molar-refractivity contribution in [2.45, 2.75) is 6.92 Å². The molecular weight excluding hydrogens is 487 g/mol. The summed E-state index contributed by atoms with van der Waals surface area (Å²) in [6.07, 6.45) is 7.85. The molecule has 0 unspecified atom stereocenters. The van der Waals surface area contributed by atoms with E-state index in [4.69, 9.17) is 0 Å². The van der Waals surface area contributed by atoms with Crippen LogP contribution in [-0.2, 0) is 0 Å². The summed E-state index contributed by atoms with van der Waals surface area (Å²) in [6.45, 7) is 2.05. The van der Waals surface area contributed by atoms with Gasteiger partial charge in [-0.25, -0.2) is 0 Å². The van der Waals surface area contributed by atoms with Crippen molar-refractivity contribution in [3.8, 4) is 0 Å². The molecule has 1 radical (unpaired) electrons. The van der Waals surface area contributed by atoms with Crippen molar-refractivity contribution in [2.75, 3.05) is 0 Å². The molecule has 0 fully saturated rings. The van der Waals surface area contributed by atoms with Gasteiger partial charge in [0, 0.05) is 3.72 Å². The molecule has 1 rings (SSSR count). The molecular formula is C7H7ILrN-. The zero-order valence-corrected chi connectivity index (χ0v) is 9.70. The first kappa shape index (κ1) is 8.75. The smallest absolute Gasteiger partial charge is 0.0328 e. The van der Waals surface area contributed by atoms with Gasteiger partial charge in [-0.15, -0.1) is 6.08 Å². The van der Waals surface area contributed by atoms with E-state index in [1.165, 1.54) is 5.92 Å². The Balaban J connectivity index is 0.000000810. The van der Waals surface area contributed by atoms with Crippen LogP contribution in [0.4, 0.5) is 0 Å². The minimum absolute atomic E-state index is 0. The molecule has 0 saturated heterocycles. The van der Waals surface area contributed by atoms with Crippen LogP contribution in [0.3, 0.4) is 0 Å². The third-order valence-electron chi connectivity index (χ3n) is 1.02. The standard InChI is InChI=1S/C7H7IN.Lr/c1-6-2-3-7(8)9-5-4-6;/h2-5H,1H3;/q-1;. The Morgan fingerprint density at radius 2 is 2.20 bits per heavy atom. The molecule has 0 aromatic carbocycles. The normalized spacial score (nSPS) is 15.8. The average molecular weight is 494 g/mol. The van der Waals surface area contributed by atoms with Crippen LogP contribution in [0.25, 0.3) is 0 Å². The quantitative estimate of drug-likeness (QED) is 0.363. The molecule has 0 N–H and O–H groups in total. The van der Waals surface area contributed by atoms with Crippen molar-refractivity contribution in [3.63, 3.8) is 0 Å². The summed E-state index contributed by atoms with van der Waals surface area (Å²) >= 11 is 2.19. The van der Waals surface area contributed by atoms with Gasteiger partial charge < -0.3 is 4.99 Å². The van der Waals surface area contributed by atoms with Crippen LogP contribution in [0.2, 0.25) is 0 Å². The predicted octanol–water partition coefficient (Wildman–Crippen LogP) is 2.50. The fourth-order valence-corrected chi connectivity index (χ4v) is 0.865. The van der Waals surface area contributed by atoms with Gasteiger partial charge in [-0.3, -0.25) is 0 Å². The summed E-state index contributed by atoms with van der Waals surface area (Å²) in [5.41, 5.74) is 0. The number of rotatable bonds is 0. The van der Waals surface area contributed by atoms with Crippen LogP contribution < -0.4 is 0 Å². The molecule has 0 aliphatic carbocycles. The number of aliphatic imine (C=N–C) groups is 1. The topological polar surface area (TPSA) is 12.4 Å². The van der Waals surface area contributed by atoms with Crippen molar-refractivity contribution in [2.24, 2.45) is 4.99 Å². The number of nitrogens with zero attached hydrogens (tertiary/aromatic N) is 1. The SMILES string of the molecule is C[C-]1C=CN=C(I)C=C1.[Lr]. The van der Waals surface area contributed by atoms with Crippen molar-refractivity contribution >= 4 is 26.3 Å². The van der Waals surface area contributed by atoms with E-state index in [9.17, 15) is 0 Å². The zero-order chi connectivity index (χ0) is 6.69. The summed E-state index contributed by atoms with van der Waals surface area (Å²) in [7, 11) is 0. The Hall–Kier alpha value is -1.25. The predicted molar refractivity (Wildman–Crippen MR) is 48.7 cm³/mol. The van der Waals surface area contributed by atoms with Crippen molar-refractivity contribution in [1.29, 1.82) is 0 Å². The molecule has 1 nitrogen and oxygen atoms in total. The van der Waals surface area contributed by atoms with Gasteiger partial charge >= 0.3 is 0 Å². The Morgan fingerprint density at radius 3 is 2.90 bits per heavy atom. The van der Waals surface area contributed by atoms with Gasteiger partial charge in [-0.2, -0.15) is 18.1 Å². The molecule has 10 heavy (non-hydrogen) atoms. The molecule has 1 aliphatic rings. The van der Waals surface area contributed by atoms with Crippen molar-refractivity contribution in [3.05, 3.63) is 30.3 Å². The summed E-state index contributed by atoms with van der Waals surface area (Å²) in [6, 6.07) is 0. The van der Waals surface area contributed by atoms with Crippen LogP contribution in [0, 0.1) is 5.92 Å². The van der Waals surface area contributed by atoms with Crippen LogP contribution in [0.15, 0.2) is 29.4 Å². The van der Waals surface area contributed by atoms with E-state index >= 15 is 0 Å². The van der Waals surface area contributed by atoms with Crippen molar-refractivity contribution in [1.82, 2.24) is 0 Å². The number of halogens is 1. The largest absolute Gasteiger partial charge is 0.327 e. The molecule has 1 heterocycles. The van der Waals surface area contributed by atoms with Gasteiger partial charge in [0.25, 0.3) is 0 Å². The van der Waals surface area contributed by atoms with Gasteiger partial charge in [0.15, 0.2) is 0 Å². The third-order valence-corrected chi connectivity index (χ3v) is 1.66. The van der Waals surface area contributed by atoms with Crippen LogP contribution in [-0.4, -0.2) is 3.72 Å². The monoisotopic (exact) mass is 494 g/mol. The number of hydrogen-bond acceptors (Lipinski definition) is 1. The van der Waals surface area contributed by atoms with E-state index in [2.05, 4.69) is 40.6 Å². The first-order valence-electron chi connectivity index (χ1n) is 2.70. The van der Waals surface area contributed by atoms with Crippen LogP contribution >= 0.6 is 22.6 Å². The van der Waals surface area contributed by atoms with E-state index in [0.717, 1.165) is 3.72 Å². The Morgan fingerprint density at radius 1 is 1.50 bits per heavy atom. The molecule has 0 saturated carbocycles. The minimum atomic E-state index is 0. The molecule has 0 bridgehead atoms. The summed E-state index contributed by atoms with van der Waals surface area (Å²) in [5.74, 6) is 1.24. The van der Waals surface area contributed by atoms with Gasteiger partial charge in [0.2, 0.25) is 0 Å². The van der Waals surface area contributed by atoms with E-state index < -0.39 is 0 Å². The summed E-state index contributed by atoms with van der Waals surface area (Å²) in [5, 5.41) is 0. The summed E-state index contributed by atoms with van der Waals surface area (Å²) in [4.78, 5) is 4.09. The fourth-order valence-electron chi connectivity index (χ4n) is 0.525. The van der Waals surface area contributed by atoms with Gasteiger partial charge in [-0.05, 0) is 22.6 Å². The molecule has 0 amide bonds. The van der Waals surface area contributed by atoms with E-state index in [1.54, 1.807) is 0 Å². The second-order valence-electron chi connectivity index (χ2n) is 1.84. The fraction of sp³-hybridized carbons (Fsp3) is 0.143. The first-order chi connectivity index (χ1) is 4.29. The first-order valence-corrected chi connectivity index (χ1v) is 3.78. The Bertz CT molecular complexity index is 184.